The molecule has 1 atom stereocenters. The van der Waals surface area contributed by atoms with E-state index in [0.29, 0.717) is 23.1 Å². The van der Waals surface area contributed by atoms with Crippen LogP contribution in [0.25, 0.3) is 5.57 Å². The van der Waals surface area contributed by atoms with Crippen LogP contribution in [0.3, 0.4) is 0 Å². The molecule has 1 aromatic carbocycles. The molecule has 6 heteroatoms. The van der Waals surface area contributed by atoms with E-state index in [-0.39, 0.29) is 22.8 Å². The van der Waals surface area contributed by atoms with Crippen molar-refractivity contribution in [3.63, 3.8) is 0 Å². The lowest BCUT2D eigenvalue weighted by atomic mass is 9.96. The monoisotopic (exact) mass is 402 g/mol. The lowest BCUT2D eigenvalue weighted by Gasteiger charge is -2.22. The molecule has 158 valence electrons. The Balaban J connectivity index is 3.48. The molecule has 0 unspecified atom stereocenters. The molecule has 1 N–H and O–H groups in total. The number of rotatable bonds is 8. The standard InChI is InChI=1S/C23H30O6/c1-9-14(4)23(26)29-19(11-10-13(2)3)15(5)18-12-20(28-17(7)24)16(6)22(27-8)21(18)25/h9-10,12,19,25H,5,11H2,1-4,6-8H3/t19-/m0/s1. The van der Waals surface area contributed by atoms with Crippen LogP contribution in [0.2, 0.25) is 0 Å². The first-order valence-corrected chi connectivity index (χ1v) is 9.28. The first-order chi connectivity index (χ1) is 13.5. The molecule has 0 amide bonds. The molecule has 0 saturated carbocycles. The Bertz CT molecular complexity index is 857. The van der Waals surface area contributed by atoms with Crippen LogP contribution < -0.4 is 9.47 Å². The highest BCUT2D eigenvalue weighted by Gasteiger charge is 2.25. The Hall–Kier alpha value is -3.02. The number of ether oxygens (including phenoxy) is 3. The summed E-state index contributed by atoms with van der Waals surface area (Å²) in [4.78, 5) is 23.8. The highest BCUT2D eigenvalue weighted by Crippen LogP contribution is 2.43. The number of methoxy groups -OCH3 is 1. The van der Waals surface area contributed by atoms with Crippen LogP contribution in [0.4, 0.5) is 0 Å². The van der Waals surface area contributed by atoms with Gasteiger partial charge in [-0.3, -0.25) is 4.79 Å². The predicted octanol–water partition coefficient (Wildman–Crippen LogP) is 4.88. The molecule has 0 saturated heterocycles. The fourth-order valence-corrected chi connectivity index (χ4v) is 2.59. The summed E-state index contributed by atoms with van der Waals surface area (Å²) in [6.07, 6.45) is 3.23. The molecular weight excluding hydrogens is 372 g/mol. The summed E-state index contributed by atoms with van der Waals surface area (Å²) in [5, 5.41) is 10.7. The van der Waals surface area contributed by atoms with Gasteiger partial charge in [-0.2, -0.15) is 0 Å². The van der Waals surface area contributed by atoms with Crippen molar-refractivity contribution in [2.24, 2.45) is 0 Å². The maximum Gasteiger partial charge on any atom is 0.333 e. The SMILES string of the molecule is C=C(c1cc(OC(C)=O)c(C)c(OC)c1O)[C@H](CC=C(C)C)OC(=O)C(C)=CC. The minimum absolute atomic E-state index is 0.160. The zero-order chi connectivity index (χ0) is 22.3. The Labute approximate surface area is 172 Å². The molecule has 0 aliphatic carbocycles. The van der Waals surface area contributed by atoms with Crippen molar-refractivity contribution >= 4 is 17.5 Å². The molecule has 29 heavy (non-hydrogen) atoms. The molecule has 0 bridgehead atoms. The average molecular weight is 402 g/mol. The van der Waals surface area contributed by atoms with E-state index in [9.17, 15) is 14.7 Å². The van der Waals surface area contributed by atoms with Gasteiger partial charge in [0.25, 0.3) is 0 Å². The number of aromatic hydroxyl groups is 1. The first-order valence-electron chi connectivity index (χ1n) is 9.28. The molecule has 0 aliphatic heterocycles. The predicted molar refractivity (Wildman–Crippen MR) is 113 cm³/mol. The van der Waals surface area contributed by atoms with Crippen molar-refractivity contribution in [3.05, 3.63) is 47.1 Å². The van der Waals surface area contributed by atoms with Crippen molar-refractivity contribution in [1.82, 2.24) is 0 Å². The number of benzene rings is 1. The van der Waals surface area contributed by atoms with E-state index in [4.69, 9.17) is 14.2 Å². The van der Waals surface area contributed by atoms with Gasteiger partial charge in [-0.05, 0) is 46.3 Å². The zero-order valence-corrected chi connectivity index (χ0v) is 18.2. The van der Waals surface area contributed by atoms with Crippen LogP contribution in [0.1, 0.15) is 52.2 Å². The number of hydrogen-bond donors (Lipinski definition) is 1. The van der Waals surface area contributed by atoms with Gasteiger partial charge in [0.05, 0.1) is 7.11 Å². The van der Waals surface area contributed by atoms with Crippen LogP contribution in [0.15, 0.2) is 35.9 Å². The number of phenols is 1. The minimum atomic E-state index is -0.726. The van der Waals surface area contributed by atoms with Crippen molar-refractivity contribution < 1.29 is 28.9 Å². The summed E-state index contributed by atoms with van der Waals surface area (Å²) >= 11 is 0. The highest BCUT2D eigenvalue weighted by atomic mass is 16.5. The summed E-state index contributed by atoms with van der Waals surface area (Å²) in [6.45, 7) is 14.3. The van der Waals surface area contributed by atoms with E-state index in [2.05, 4.69) is 6.58 Å². The second-order valence-corrected chi connectivity index (χ2v) is 6.93. The van der Waals surface area contributed by atoms with E-state index in [1.54, 1.807) is 26.8 Å². The van der Waals surface area contributed by atoms with Crippen molar-refractivity contribution in [2.75, 3.05) is 7.11 Å². The summed E-state index contributed by atoms with van der Waals surface area (Å²) in [6, 6.07) is 1.50. The molecule has 0 radical (unpaired) electrons. The van der Waals surface area contributed by atoms with Gasteiger partial charge < -0.3 is 19.3 Å². The molecule has 6 nitrogen and oxygen atoms in total. The average Bonchev–Trinajstić information content (AvgIpc) is 2.65. The van der Waals surface area contributed by atoms with E-state index in [1.807, 2.05) is 19.9 Å². The Kier molecular flexibility index (Phi) is 8.70. The molecule has 0 spiro atoms. The van der Waals surface area contributed by atoms with Gasteiger partial charge >= 0.3 is 11.9 Å². The lowest BCUT2D eigenvalue weighted by molar-refractivity contribution is -0.141. The fraction of sp³-hybridized carbons (Fsp3) is 0.391. The molecule has 0 aromatic heterocycles. The van der Waals surface area contributed by atoms with Crippen LogP contribution in [0.5, 0.6) is 17.2 Å². The van der Waals surface area contributed by atoms with E-state index < -0.39 is 18.0 Å². The molecule has 0 fully saturated rings. The van der Waals surface area contributed by atoms with Gasteiger partial charge in [0.15, 0.2) is 11.5 Å². The molecule has 1 aromatic rings. The van der Waals surface area contributed by atoms with Crippen molar-refractivity contribution in [1.29, 1.82) is 0 Å². The minimum Gasteiger partial charge on any atom is -0.504 e. The van der Waals surface area contributed by atoms with E-state index >= 15 is 0 Å². The smallest absolute Gasteiger partial charge is 0.333 e. The number of esters is 2. The summed E-state index contributed by atoms with van der Waals surface area (Å²) in [5.74, 6) is -0.739. The largest absolute Gasteiger partial charge is 0.504 e. The van der Waals surface area contributed by atoms with Gasteiger partial charge in [0.2, 0.25) is 0 Å². The van der Waals surface area contributed by atoms with Gasteiger partial charge in [0, 0.05) is 30.0 Å². The van der Waals surface area contributed by atoms with Gasteiger partial charge in [-0.15, -0.1) is 0 Å². The molecule has 0 heterocycles. The molecule has 1 rings (SSSR count). The summed E-state index contributed by atoms with van der Waals surface area (Å²) in [5.41, 5.74) is 2.63. The fourth-order valence-electron chi connectivity index (χ4n) is 2.59. The second-order valence-electron chi connectivity index (χ2n) is 6.93. The third-order valence-electron chi connectivity index (χ3n) is 4.39. The number of allylic oxidation sites excluding steroid dienone is 2. The van der Waals surface area contributed by atoms with Crippen LogP contribution in [-0.4, -0.2) is 30.3 Å². The highest BCUT2D eigenvalue weighted by molar-refractivity contribution is 5.89. The third-order valence-corrected chi connectivity index (χ3v) is 4.39. The Morgan fingerprint density at radius 3 is 2.34 bits per heavy atom. The lowest BCUT2D eigenvalue weighted by Crippen LogP contribution is -2.20. The second kappa shape index (κ2) is 10.5. The first kappa shape index (κ1) is 24.0. The number of phenolic OH excluding ortho intramolecular Hbond substituents is 1. The van der Waals surface area contributed by atoms with Crippen molar-refractivity contribution in [3.8, 4) is 17.2 Å². The van der Waals surface area contributed by atoms with E-state index in [1.165, 1.54) is 20.1 Å². The Morgan fingerprint density at radius 2 is 1.86 bits per heavy atom. The quantitative estimate of drug-likeness (QED) is 0.289. The zero-order valence-electron chi connectivity index (χ0n) is 18.2. The summed E-state index contributed by atoms with van der Waals surface area (Å²) < 4.78 is 16.2. The van der Waals surface area contributed by atoms with Crippen LogP contribution in [0, 0.1) is 6.92 Å². The van der Waals surface area contributed by atoms with Gasteiger partial charge in [-0.25, -0.2) is 4.79 Å². The maximum absolute atomic E-state index is 12.3. The number of carbonyl (C=O) groups excluding carboxylic acids is 2. The Morgan fingerprint density at radius 1 is 1.24 bits per heavy atom. The topological polar surface area (TPSA) is 82.1 Å². The number of carbonyl (C=O) groups is 2. The van der Waals surface area contributed by atoms with Gasteiger partial charge in [-0.1, -0.05) is 24.3 Å². The molecular formula is C23H30O6. The van der Waals surface area contributed by atoms with Crippen molar-refractivity contribution in [2.45, 2.75) is 54.1 Å². The van der Waals surface area contributed by atoms with E-state index in [0.717, 1.165) is 5.57 Å². The number of hydrogen-bond acceptors (Lipinski definition) is 6. The normalized spacial score (nSPS) is 12.0. The van der Waals surface area contributed by atoms with Crippen LogP contribution >= 0.6 is 0 Å². The summed E-state index contributed by atoms with van der Waals surface area (Å²) in [7, 11) is 1.40. The van der Waals surface area contributed by atoms with Gasteiger partial charge in [0.1, 0.15) is 11.9 Å². The molecule has 0 aliphatic rings. The maximum atomic E-state index is 12.3. The third kappa shape index (κ3) is 6.24. The van der Waals surface area contributed by atoms with Crippen LogP contribution in [-0.2, 0) is 14.3 Å².